The molecule has 2 bridgehead atoms. The normalized spacial score (nSPS) is 27.4. The topological polar surface area (TPSA) is 41.1 Å². The molecule has 2 N–H and O–H groups in total. The van der Waals surface area contributed by atoms with Gasteiger partial charge >= 0.3 is 0 Å². The minimum Gasteiger partial charge on any atom is -0.378 e. The van der Waals surface area contributed by atoms with E-state index in [1.165, 1.54) is 41.6 Å². The maximum atomic E-state index is 13.2. The predicted octanol–water partition coefficient (Wildman–Crippen LogP) is 6.85. The summed E-state index contributed by atoms with van der Waals surface area (Å²) >= 11 is 0. The van der Waals surface area contributed by atoms with Crippen LogP contribution >= 0.6 is 0 Å². The van der Waals surface area contributed by atoms with E-state index >= 15 is 0 Å². The zero-order chi connectivity index (χ0) is 21.8. The summed E-state index contributed by atoms with van der Waals surface area (Å²) in [5.74, 6) is 2.66. The van der Waals surface area contributed by atoms with E-state index in [4.69, 9.17) is 0 Å². The largest absolute Gasteiger partial charge is 0.378 e. The van der Waals surface area contributed by atoms with Gasteiger partial charge < -0.3 is 10.6 Å². The Morgan fingerprint density at radius 3 is 2.59 bits per heavy atom. The fraction of sp³-hybridized carbons (Fsp3) is 0.345. The van der Waals surface area contributed by atoms with Gasteiger partial charge in [-0.15, -0.1) is 0 Å². The van der Waals surface area contributed by atoms with Crippen LogP contribution in [0.2, 0.25) is 0 Å². The van der Waals surface area contributed by atoms with Crippen molar-refractivity contribution >= 4 is 17.3 Å². The minimum atomic E-state index is -0.0219. The molecule has 1 heterocycles. The van der Waals surface area contributed by atoms with E-state index in [-0.39, 0.29) is 5.91 Å². The Morgan fingerprint density at radius 1 is 0.938 bits per heavy atom. The molecule has 162 valence electrons. The van der Waals surface area contributed by atoms with Gasteiger partial charge in [-0.05, 0) is 103 Å². The Hall–Kier alpha value is -3.07. The van der Waals surface area contributed by atoms with Crippen molar-refractivity contribution in [2.75, 3.05) is 10.6 Å². The number of anilines is 2. The number of benzene rings is 3. The van der Waals surface area contributed by atoms with E-state index in [0.717, 1.165) is 28.7 Å². The van der Waals surface area contributed by atoms with Crippen molar-refractivity contribution in [1.82, 2.24) is 0 Å². The van der Waals surface area contributed by atoms with Crippen LogP contribution < -0.4 is 10.6 Å². The summed E-state index contributed by atoms with van der Waals surface area (Å²) in [6, 6.07) is 23.6. The first-order valence-corrected chi connectivity index (χ1v) is 11.9. The molecule has 5 atom stereocenters. The first kappa shape index (κ1) is 19.6. The van der Waals surface area contributed by atoms with Crippen LogP contribution in [-0.4, -0.2) is 5.91 Å². The van der Waals surface area contributed by atoms with Gasteiger partial charge in [-0.2, -0.15) is 0 Å². The van der Waals surface area contributed by atoms with Gasteiger partial charge in [0.05, 0.1) is 6.04 Å². The maximum absolute atomic E-state index is 13.2. The summed E-state index contributed by atoms with van der Waals surface area (Å²) < 4.78 is 0. The number of carbonyl (C=O) groups excluding carboxylic acids is 1. The van der Waals surface area contributed by atoms with Crippen LogP contribution in [0, 0.1) is 31.6 Å². The third-order valence-electron chi connectivity index (χ3n) is 8.36. The second-order valence-corrected chi connectivity index (χ2v) is 9.97. The van der Waals surface area contributed by atoms with Gasteiger partial charge in [0.25, 0.3) is 5.91 Å². The van der Waals surface area contributed by atoms with Crippen molar-refractivity contribution < 1.29 is 4.79 Å². The number of fused-ring (bicyclic) bond motifs is 7. The fourth-order valence-electron chi connectivity index (χ4n) is 6.70. The molecule has 2 fully saturated rings. The summed E-state index contributed by atoms with van der Waals surface area (Å²) in [7, 11) is 0. The number of aryl methyl sites for hydroxylation is 1. The number of amides is 1. The van der Waals surface area contributed by atoms with Crippen LogP contribution in [0.4, 0.5) is 11.4 Å². The van der Waals surface area contributed by atoms with E-state index in [2.05, 4.69) is 73.0 Å². The van der Waals surface area contributed by atoms with E-state index in [1.807, 2.05) is 18.2 Å². The van der Waals surface area contributed by atoms with Crippen LogP contribution in [-0.2, 0) is 0 Å². The maximum Gasteiger partial charge on any atom is 0.255 e. The molecule has 0 radical (unpaired) electrons. The van der Waals surface area contributed by atoms with Crippen molar-refractivity contribution in [3.05, 3.63) is 94.5 Å². The molecular weight excluding hydrogens is 392 g/mol. The summed E-state index contributed by atoms with van der Waals surface area (Å²) in [5.41, 5.74) is 7.91. The quantitative estimate of drug-likeness (QED) is 0.484. The van der Waals surface area contributed by atoms with Crippen LogP contribution in [0.1, 0.15) is 63.8 Å². The monoisotopic (exact) mass is 422 g/mol. The summed E-state index contributed by atoms with van der Waals surface area (Å²) in [5, 5.41) is 7.01. The number of rotatable bonds is 3. The van der Waals surface area contributed by atoms with Crippen LogP contribution in [0.5, 0.6) is 0 Å². The molecule has 32 heavy (non-hydrogen) atoms. The molecule has 6 rings (SSSR count). The standard InChI is InChI=1S/C29H30N2O/c1-17-7-6-10-24(18(17)2)31-29(32)22-13-14-25-23(16-22)26-20-11-12-21(15-20)27(26)28(30-25)19-8-4-3-5-9-19/h3-10,13-14,16,20-21,26-28,30H,11-12,15H2,1-2H3,(H,31,32)/t20-,21-,26-,27+,28-/m0/s1. The third kappa shape index (κ3) is 3.06. The van der Waals surface area contributed by atoms with Crippen LogP contribution in [0.25, 0.3) is 0 Å². The highest BCUT2D eigenvalue weighted by Crippen LogP contribution is 2.63. The van der Waals surface area contributed by atoms with E-state index in [9.17, 15) is 4.79 Å². The van der Waals surface area contributed by atoms with Gasteiger partial charge in [-0.3, -0.25) is 4.79 Å². The second-order valence-electron chi connectivity index (χ2n) is 9.97. The molecule has 2 saturated carbocycles. The number of carbonyl (C=O) groups is 1. The van der Waals surface area contributed by atoms with Crippen molar-refractivity contribution in [1.29, 1.82) is 0 Å². The lowest BCUT2D eigenvalue weighted by molar-refractivity contribution is 0.102. The van der Waals surface area contributed by atoms with E-state index < -0.39 is 0 Å². The SMILES string of the molecule is Cc1cccc(NC(=O)c2ccc3c(c2)[C@@H]2[C@H]4CC[C@@H](C4)[C@H]2[C@H](c2ccccc2)N3)c1C. The highest BCUT2D eigenvalue weighted by molar-refractivity contribution is 6.05. The van der Waals surface area contributed by atoms with Crippen molar-refractivity contribution in [2.24, 2.45) is 17.8 Å². The Balaban J connectivity index is 1.35. The molecule has 3 aromatic rings. The molecule has 3 aromatic carbocycles. The highest BCUT2D eigenvalue weighted by Gasteiger charge is 2.53. The Morgan fingerprint density at radius 2 is 1.75 bits per heavy atom. The van der Waals surface area contributed by atoms with Gasteiger partial charge in [-0.1, -0.05) is 42.5 Å². The molecule has 0 spiro atoms. The lowest BCUT2D eigenvalue weighted by Crippen LogP contribution is -2.35. The van der Waals surface area contributed by atoms with E-state index in [0.29, 0.717) is 17.9 Å². The number of hydrogen-bond acceptors (Lipinski definition) is 2. The van der Waals surface area contributed by atoms with Gasteiger partial charge in [0, 0.05) is 16.9 Å². The Labute approximate surface area is 190 Å². The summed E-state index contributed by atoms with van der Waals surface area (Å²) in [6.45, 7) is 4.14. The van der Waals surface area contributed by atoms with Crippen LogP contribution in [0.15, 0.2) is 66.7 Å². The Kier molecular flexibility index (Phi) is 4.60. The third-order valence-corrected chi connectivity index (χ3v) is 8.36. The number of nitrogens with one attached hydrogen (secondary N) is 2. The summed E-state index contributed by atoms with van der Waals surface area (Å²) in [4.78, 5) is 13.2. The van der Waals surface area contributed by atoms with Crippen LogP contribution in [0.3, 0.4) is 0 Å². The van der Waals surface area contributed by atoms with Gasteiger partial charge in [0.2, 0.25) is 0 Å². The highest BCUT2D eigenvalue weighted by atomic mass is 16.1. The van der Waals surface area contributed by atoms with Gasteiger partial charge in [-0.25, -0.2) is 0 Å². The summed E-state index contributed by atoms with van der Waals surface area (Å²) in [6.07, 6.45) is 4.00. The zero-order valence-corrected chi connectivity index (χ0v) is 18.8. The molecule has 2 aliphatic carbocycles. The molecule has 3 heteroatoms. The second kappa shape index (κ2) is 7.51. The molecule has 3 nitrogen and oxygen atoms in total. The molecule has 3 aliphatic rings. The lowest BCUT2D eigenvalue weighted by Gasteiger charge is -2.43. The smallest absolute Gasteiger partial charge is 0.255 e. The first-order valence-electron chi connectivity index (χ1n) is 11.9. The Bertz CT molecular complexity index is 1190. The number of hydrogen-bond donors (Lipinski definition) is 2. The zero-order valence-electron chi connectivity index (χ0n) is 18.8. The fourth-order valence-corrected chi connectivity index (χ4v) is 6.70. The average Bonchev–Trinajstić information content (AvgIpc) is 3.44. The molecule has 0 unspecified atom stereocenters. The average molecular weight is 423 g/mol. The van der Waals surface area contributed by atoms with Crippen molar-refractivity contribution in [2.45, 2.75) is 45.1 Å². The minimum absolute atomic E-state index is 0.0219. The van der Waals surface area contributed by atoms with Gasteiger partial charge in [0.1, 0.15) is 0 Å². The van der Waals surface area contributed by atoms with Crippen molar-refractivity contribution in [3.63, 3.8) is 0 Å². The first-order chi connectivity index (χ1) is 15.6. The predicted molar refractivity (Wildman–Crippen MR) is 130 cm³/mol. The molecule has 0 saturated heterocycles. The van der Waals surface area contributed by atoms with Gasteiger partial charge in [0.15, 0.2) is 0 Å². The molecular formula is C29H30N2O. The molecule has 1 amide bonds. The van der Waals surface area contributed by atoms with E-state index in [1.54, 1.807) is 0 Å². The molecule has 1 aliphatic heterocycles. The molecule has 0 aromatic heterocycles. The lowest BCUT2D eigenvalue weighted by atomic mass is 9.68. The van der Waals surface area contributed by atoms with Crippen molar-refractivity contribution in [3.8, 4) is 0 Å².